The van der Waals surface area contributed by atoms with E-state index in [0.717, 1.165) is 5.75 Å². The van der Waals surface area contributed by atoms with Crippen LogP contribution in [0.2, 0.25) is 0 Å². The first-order chi connectivity index (χ1) is 9.15. The van der Waals surface area contributed by atoms with Gasteiger partial charge in [-0.25, -0.2) is 0 Å². The van der Waals surface area contributed by atoms with E-state index >= 15 is 0 Å². The maximum atomic E-state index is 11.8. The van der Waals surface area contributed by atoms with Crippen molar-refractivity contribution in [3.05, 3.63) is 0 Å². The van der Waals surface area contributed by atoms with Crippen LogP contribution in [-0.4, -0.2) is 67.6 Å². The summed E-state index contributed by atoms with van der Waals surface area (Å²) in [7, 11) is 0. The number of carbonyl (C=O) groups is 2. The molecule has 1 atom stereocenters. The van der Waals surface area contributed by atoms with Crippen LogP contribution in [0, 0.1) is 0 Å². The number of hydrogen-bond donors (Lipinski definition) is 2. The fourth-order valence-electron chi connectivity index (χ4n) is 1.77. The average molecular weight is 289 g/mol. The Hall–Kier alpha value is -0.790. The van der Waals surface area contributed by atoms with Crippen molar-refractivity contribution in [2.24, 2.45) is 5.73 Å². The van der Waals surface area contributed by atoms with Crippen LogP contribution in [0.15, 0.2) is 0 Å². The molecule has 0 aromatic heterocycles. The summed E-state index contributed by atoms with van der Waals surface area (Å²) < 4.78 is 5.18. The van der Waals surface area contributed by atoms with Gasteiger partial charge in [-0.2, -0.15) is 11.8 Å². The van der Waals surface area contributed by atoms with Crippen LogP contribution in [0.4, 0.5) is 0 Å². The highest BCUT2D eigenvalue weighted by atomic mass is 32.2. The van der Waals surface area contributed by atoms with E-state index in [1.165, 1.54) is 0 Å². The van der Waals surface area contributed by atoms with Crippen molar-refractivity contribution in [1.29, 1.82) is 0 Å². The molecule has 19 heavy (non-hydrogen) atoms. The second-order valence-electron chi connectivity index (χ2n) is 4.42. The van der Waals surface area contributed by atoms with Gasteiger partial charge in [0.2, 0.25) is 11.8 Å². The largest absolute Gasteiger partial charge is 0.378 e. The second kappa shape index (κ2) is 9.17. The molecule has 1 heterocycles. The summed E-state index contributed by atoms with van der Waals surface area (Å²) in [6.45, 7) is 2.82. The molecule has 3 N–H and O–H groups in total. The van der Waals surface area contributed by atoms with E-state index in [0.29, 0.717) is 45.7 Å². The monoisotopic (exact) mass is 289 g/mol. The third kappa shape index (κ3) is 6.26. The van der Waals surface area contributed by atoms with E-state index in [9.17, 15) is 9.59 Å². The number of thioether (sulfide) groups is 1. The zero-order valence-corrected chi connectivity index (χ0v) is 12.2. The molecule has 7 heteroatoms. The highest BCUT2D eigenvalue weighted by Gasteiger charge is 2.17. The normalized spacial score (nSPS) is 17.1. The molecule has 1 saturated heterocycles. The maximum absolute atomic E-state index is 11.8. The maximum Gasteiger partial charge on any atom is 0.236 e. The van der Waals surface area contributed by atoms with Crippen molar-refractivity contribution in [1.82, 2.24) is 10.2 Å². The first-order valence-corrected chi connectivity index (χ1v) is 7.92. The second-order valence-corrected chi connectivity index (χ2v) is 5.41. The number of hydrogen-bond acceptors (Lipinski definition) is 5. The number of amides is 2. The SMILES string of the molecule is CSCC[C@@H](N)C(=O)NCCC(=O)N1CCOCC1. The van der Waals surface area contributed by atoms with Crippen molar-refractivity contribution in [3.8, 4) is 0 Å². The molecule has 110 valence electrons. The van der Waals surface area contributed by atoms with Gasteiger partial charge in [0.1, 0.15) is 0 Å². The Morgan fingerprint density at radius 3 is 2.74 bits per heavy atom. The van der Waals surface area contributed by atoms with Gasteiger partial charge in [0.15, 0.2) is 0 Å². The lowest BCUT2D eigenvalue weighted by Gasteiger charge is -2.26. The van der Waals surface area contributed by atoms with Gasteiger partial charge in [0.25, 0.3) is 0 Å². The molecular formula is C12H23N3O3S. The summed E-state index contributed by atoms with van der Waals surface area (Å²) in [6, 6.07) is -0.481. The summed E-state index contributed by atoms with van der Waals surface area (Å²) in [6.07, 6.45) is 2.96. The topological polar surface area (TPSA) is 84.7 Å². The molecule has 1 fully saturated rings. The highest BCUT2D eigenvalue weighted by Crippen LogP contribution is 2.00. The molecule has 0 unspecified atom stereocenters. The Balaban J connectivity index is 2.14. The summed E-state index contributed by atoms with van der Waals surface area (Å²) >= 11 is 1.66. The van der Waals surface area contributed by atoms with E-state index in [1.807, 2.05) is 6.26 Å². The van der Waals surface area contributed by atoms with Gasteiger partial charge in [-0.05, 0) is 18.4 Å². The van der Waals surface area contributed by atoms with Crippen LogP contribution in [0.5, 0.6) is 0 Å². The number of carbonyl (C=O) groups excluding carboxylic acids is 2. The van der Waals surface area contributed by atoms with Crippen LogP contribution in [0.3, 0.4) is 0 Å². The Kier molecular flexibility index (Phi) is 7.85. The van der Waals surface area contributed by atoms with E-state index in [-0.39, 0.29) is 11.8 Å². The number of nitrogens with two attached hydrogens (primary N) is 1. The van der Waals surface area contributed by atoms with E-state index in [2.05, 4.69) is 5.32 Å². The Morgan fingerprint density at radius 1 is 1.42 bits per heavy atom. The molecule has 0 aliphatic carbocycles. The molecule has 0 aromatic rings. The van der Waals surface area contributed by atoms with Gasteiger partial charge < -0.3 is 20.7 Å². The van der Waals surface area contributed by atoms with Crippen molar-refractivity contribution in [2.45, 2.75) is 18.9 Å². The molecule has 2 amide bonds. The lowest BCUT2D eigenvalue weighted by molar-refractivity contribution is -0.135. The fourth-order valence-corrected chi connectivity index (χ4v) is 2.26. The Labute approximate surface area is 118 Å². The molecule has 6 nitrogen and oxygen atoms in total. The van der Waals surface area contributed by atoms with Crippen LogP contribution >= 0.6 is 11.8 Å². The lowest BCUT2D eigenvalue weighted by atomic mass is 10.2. The minimum absolute atomic E-state index is 0.0567. The fraction of sp³-hybridized carbons (Fsp3) is 0.833. The predicted molar refractivity (Wildman–Crippen MR) is 76.0 cm³/mol. The molecule has 1 aliphatic rings. The average Bonchev–Trinajstić information content (AvgIpc) is 2.45. The predicted octanol–water partition coefficient (Wildman–Crippen LogP) is -0.568. The van der Waals surface area contributed by atoms with Crippen LogP contribution in [0.1, 0.15) is 12.8 Å². The molecule has 0 spiro atoms. The smallest absolute Gasteiger partial charge is 0.236 e. The number of morpholine rings is 1. The quantitative estimate of drug-likeness (QED) is 0.656. The first-order valence-electron chi connectivity index (χ1n) is 6.53. The standard InChI is InChI=1S/C12H23N3O3S/c1-19-9-3-10(13)12(17)14-4-2-11(16)15-5-7-18-8-6-15/h10H,2-9,13H2,1H3,(H,14,17)/t10-/m1/s1. The van der Waals surface area contributed by atoms with E-state index in [1.54, 1.807) is 16.7 Å². The van der Waals surface area contributed by atoms with Crippen molar-refractivity contribution >= 4 is 23.6 Å². The van der Waals surface area contributed by atoms with Gasteiger partial charge in [0.05, 0.1) is 19.3 Å². The van der Waals surface area contributed by atoms with E-state index < -0.39 is 6.04 Å². The van der Waals surface area contributed by atoms with E-state index in [4.69, 9.17) is 10.5 Å². The minimum Gasteiger partial charge on any atom is -0.378 e. The number of ether oxygens (including phenoxy) is 1. The summed E-state index contributed by atoms with van der Waals surface area (Å²) in [5.41, 5.74) is 5.73. The zero-order valence-electron chi connectivity index (χ0n) is 11.4. The zero-order chi connectivity index (χ0) is 14.1. The lowest BCUT2D eigenvalue weighted by Crippen LogP contribution is -2.44. The molecule has 0 radical (unpaired) electrons. The van der Waals surface area contributed by atoms with Gasteiger partial charge in [-0.1, -0.05) is 0 Å². The molecular weight excluding hydrogens is 266 g/mol. The molecule has 0 aromatic carbocycles. The summed E-state index contributed by atoms with van der Waals surface area (Å²) in [5.74, 6) is 0.742. The molecule has 0 saturated carbocycles. The van der Waals surface area contributed by atoms with Crippen molar-refractivity contribution in [3.63, 3.8) is 0 Å². The number of nitrogens with one attached hydrogen (secondary N) is 1. The Bertz CT molecular complexity index is 296. The molecule has 1 aliphatic heterocycles. The van der Waals surface area contributed by atoms with Crippen molar-refractivity contribution in [2.75, 3.05) is 44.9 Å². The van der Waals surface area contributed by atoms with Crippen LogP contribution in [0.25, 0.3) is 0 Å². The van der Waals surface area contributed by atoms with Crippen LogP contribution < -0.4 is 11.1 Å². The van der Waals surface area contributed by atoms with Crippen LogP contribution in [-0.2, 0) is 14.3 Å². The first kappa shape index (κ1) is 16.3. The van der Waals surface area contributed by atoms with Gasteiger partial charge in [-0.15, -0.1) is 0 Å². The Morgan fingerprint density at radius 2 is 2.11 bits per heavy atom. The number of nitrogens with zero attached hydrogens (tertiary/aromatic N) is 1. The molecule has 1 rings (SSSR count). The van der Waals surface area contributed by atoms with Gasteiger partial charge in [0, 0.05) is 26.1 Å². The third-order valence-electron chi connectivity index (χ3n) is 2.97. The third-order valence-corrected chi connectivity index (χ3v) is 3.62. The highest BCUT2D eigenvalue weighted by molar-refractivity contribution is 7.98. The molecule has 0 bridgehead atoms. The number of rotatable bonds is 7. The minimum atomic E-state index is -0.481. The van der Waals surface area contributed by atoms with Crippen molar-refractivity contribution < 1.29 is 14.3 Å². The summed E-state index contributed by atoms with van der Waals surface area (Å²) in [4.78, 5) is 25.2. The van der Waals surface area contributed by atoms with Gasteiger partial charge >= 0.3 is 0 Å². The summed E-state index contributed by atoms with van der Waals surface area (Å²) in [5, 5.41) is 2.71. The van der Waals surface area contributed by atoms with Gasteiger partial charge in [-0.3, -0.25) is 9.59 Å².